The normalized spacial score (nSPS) is 16.2. The van der Waals surface area contributed by atoms with Crippen molar-refractivity contribution in [3.8, 4) is 5.75 Å². The maximum atomic E-state index is 6.29. The summed E-state index contributed by atoms with van der Waals surface area (Å²) in [6, 6.07) is 4.16. The van der Waals surface area contributed by atoms with E-state index in [0.717, 1.165) is 42.2 Å². The summed E-state index contributed by atoms with van der Waals surface area (Å²) in [4.78, 5) is 0. The SMILES string of the molecule is CCC(N)Cc1cc(COCC2CC2)cc(Cl)c1OC. The molecule has 2 rings (SSSR count). The molecule has 1 saturated carbocycles. The van der Waals surface area contributed by atoms with Crippen LogP contribution in [-0.4, -0.2) is 19.8 Å². The Morgan fingerprint density at radius 2 is 2.15 bits per heavy atom. The Balaban J connectivity index is 2.07. The molecule has 0 amide bonds. The molecule has 1 aliphatic rings. The lowest BCUT2D eigenvalue weighted by Gasteiger charge is -2.16. The summed E-state index contributed by atoms with van der Waals surface area (Å²) in [5.74, 6) is 1.51. The average Bonchev–Trinajstić information content (AvgIpc) is 3.22. The summed E-state index contributed by atoms with van der Waals surface area (Å²) in [6.07, 6.45) is 4.32. The van der Waals surface area contributed by atoms with Crippen LogP contribution in [0.1, 0.15) is 37.3 Å². The van der Waals surface area contributed by atoms with Crippen molar-refractivity contribution in [1.29, 1.82) is 0 Å². The van der Waals surface area contributed by atoms with Gasteiger partial charge in [-0.15, -0.1) is 0 Å². The quantitative estimate of drug-likeness (QED) is 0.798. The first-order valence-electron chi connectivity index (χ1n) is 7.32. The third kappa shape index (κ3) is 4.37. The van der Waals surface area contributed by atoms with E-state index in [0.29, 0.717) is 11.6 Å². The van der Waals surface area contributed by atoms with Crippen molar-refractivity contribution in [3.63, 3.8) is 0 Å². The molecule has 20 heavy (non-hydrogen) atoms. The van der Waals surface area contributed by atoms with E-state index in [9.17, 15) is 0 Å². The first-order chi connectivity index (χ1) is 9.63. The minimum Gasteiger partial charge on any atom is -0.495 e. The predicted molar refractivity (Wildman–Crippen MR) is 82.4 cm³/mol. The highest BCUT2D eigenvalue weighted by molar-refractivity contribution is 6.32. The highest BCUT2D eigenvalue weighted by atomic mass is 35.5. The molecular formula is C16H24ClNO2. The zero-order valence-electron chi connectivity index (χ0n) is 12.3. The zero-order chi connectivity index (χ0) is 14.5. The van der Waals surface area contributed by atoms with Crippen molar-refractivity contribution in [2.24, 2.45) is 11.7 Å². The van der Waals surface area contributed by atoms with Crippen LogP contribution in [0, 0.1) is 5.92 Å². The number of methoxy groups -OCH3 is 1. The van der Waals surface area contributed by atoms with Crippen molar-refractivity contribution in [1.82, 2.24) is 0 Å². The summed E-state index contributed by atoms with van der Waals surface area (Å²) in [6.45, 7) is 3.55. The van der Waals surface area contributed by atoms with E-state index in [1.807, 2.05) is 6.07 Å². The molecule has 1 aromatic carbocycles. The Kier molecular flexibility index (Phi) is 5.70. The standard InChI is InChI=1S/C16H24ClNO2/c1-3-14(18)8-13-6-12(7-15(17)16(13)19-2)10-20-9-11-4-5-11/h6-7,11,14H,3-5,8-10,18H2,1-2H3. The molecule has 0 spiro atoms. The highest BCUT2D eigenvalue weighted by Gasteiger charge is 2.21. The van der Waals surface area contributed by atoms with Crippen LogP contribution in [0.3, 0.4) is 0 Å². The van der Waals surface area contributed by atoms with Crippen molar-refractivity contribution in [2.75, 3.05) is 13.7 Å². The molecule has 1 aliphatic carbocycles. The van der Waals surface area contributed by atoms with Crippen LogP contribution >= 0.6 is 11.6 Å². The minimum absolute atomic E-state index is 0.127. The topological polar surface area (TPSA) is 44.5 Å². The van der Waals surface area contributed by atoms with Crippen LogP contribution in [0.25, 0.3) is 0 Å². The van der Waals surface area contributed by atoms with Crippen molar-refractivity contribution >= 4 is 11.6 Å². The van der Waals surface area contributed by atoms with E-state index in [1.54, 1.807) is 7.11 Å². The molecule has 1 aromatic rings. The second-order valence-electron chi connectivity index (χ2n) is 5.60. The van der Waals surface area contributed by atoms with Gasteiger partial charge in [-0.1, -0.05) is 18.5 Å². The van der Waals surface area contributed by atoms with Crippen molar-refractivity contribution in [2.45, 2.75) is 45.3 Å². The van der Waals surface area contributed by atoms with Gasteiger partial charge >= 0.3 is 0 Å². The van der Waals surface area contributed by atoms with Crippen LogP contribution in [0.5, 0.6) is 5.75 Å². The monoisotopic (exact) mass is 297 g/mol. The number of rotatable bonds is 8. The lowest BCUT2D eigenvalue weighted by atomic mass is 10.0. The molecule has 1 unspecified atom stereocenters. The second-order valence-corrected chi connectivity index (χ2v) is 6.01. The molecule has 0 radical (unpaired) electrons. The summed E-state index contributed by atoms with van der Waals surface area (Å²) in [5, 5.41) is 0.637. The highest BCUT2D eigenvalue weighted by Crippen LogP contribution is 2.32. The van der Waals surface area contributed by atoms with Crippen LogP contribution in [0.2, 0.25) is 5.02 Å². The lowest BCUT2D eigenvalue weighted by molar-refractivity contribution is 0.111. The number of nitrogens with two attached hydrogens (primary N) is 1. The Labute approximate surface area is 126 Å². The molecule has 0 heterocycles. The summed E-state index contributed by atoms with van der Waals surface area (Å²) < 4.78 is 11.1. The van der Waals surface area contributed by atoms with Crippen LogP contribution in [0.4, 0.5) is 0 Å². The van der Waals surface area contributed by atoms with Crippen molar-refractivity contribution < 1.29 is 9.47 Å². The van der Waals surface area contributed by atoms with Gasteiger partial charge in [-0.25, -0.2) is 0 Å². The lowest BCUT2D eigenvalue weighted by Crippen LogP contribution is -2.21. The molecule has 0 aliphatic heterocycles. The maximum Gasteiger partial charge on any atom is 0.140 e. The summed E-state index contributed by atoms with van der Waals surface area (Å²) in [5.41, 5.74) is 8.21. The van der Waals surface area contributed by atoms with Gasteiger partial charge in [0.25, 0.3) is 0 Å². The first kappa shape index (κ1) is 15.6. The van der Waals surface area contributed by atoms with Crippen LogP contribution < -0.4 is 10.5 Å². The number of halogens is 1. The number of benzene rings is 1. The van der Waals surface area contributed by atoms with E-state index in [4.69, 9.17) is 26.8 Å². The van der Waals surface area contributed by atoms with Gasteiger partial charge in [0.05, 0.1) is 18.7 Å². The fraction of sp³-hybridized carbons (Fsp3) is 0.625. The molecule has 0 aromatic heterocycles. The van der Waals surface area contributed by atoms with Gasteiger partial charge in [-0.3, -0.25) is 0 Å². The Morgan fingerprint density at radius 3 is 2.75 bits per heavy atom. The van der Waals surface area contributed by atoms with Gasteiger partial charge in [0.1, 0.15) is 5.75 Å². The third-order valence-electron chi connectivity index (χ3n) is 3.71. The van der Waals surface area contributed by atoms with Gasteiger partial charge in [0, 0.05) is 12.6 Å². The molecule has 1 atom stereocenters. The average molecular weight is 298 g/mol. The Morgan fingerprint density at radius 1 is 1.40 bits per heavy atom. The predicted octanol–water partition coefficient (Wildman–Crippen LogP) is 3.56. The summed E-state index contributed by atoms with van der Waals surface area (Å²) in [7, 11) is 1.64. The van der Waals surface area contributed by atoms with Crippen molar-refractivity contribution in [3.05, 3.63) is 28.3 Å². The fourth-order valence-corrected chi connectivity index (χ4v) is 2.57. The van der Waals surface area contributed by atoms with Gasteiger partial charge in [-0.2, -0.15) is 0 Å². The number of hydrogen-bond acceptors (Lipinski definition) is 3. The third-order valence-corrected chi connectivity index (χ3v) is 3.99. The van der Waals surface area contributed by atoms with E-state index >= 15 is 0 Å². The van der Waals surface area contributed by atoms with E-state index in [-0.39, 0.29) is 6.04 Å². The molecule has 0 bridgehead atoms. The summed E-state index contributed by atoms with van der Waals surface area (Å²) >= 11 is 6.29. The van der Waals surface area contributed by atoms with Crippen LogP contribution in [0.15, 0.2) is 12.1 Å². The largest absolute Gasteiger partial charge is 0.495 e. The van der Waals surface area contributed by atoms with Gasteiger partial charge in [0.2, 0.25) is 0 Å². The molecule has 112 valence electrons. The Bertz CT molecular complexity index is 446. The van der Waals surface area contributed by atoms with Gasteiger partial charge < -0.3 is 15.2 Å². The van der Waals surface area contributed by atoms with Crippen LogP contribution in [-0.2, 0) is 17.8 Å². The van der Waals surface area contributed by atoms with E-state index in [2.05, 4.69) is 13.0 Å². The minimum atomic E-state index is 0.127. The zero-order valence-corrected chi connectivity index (χ0v) is 13.1. The molecule has 4 heteroatoms. The van der Waals surface area contributed by atoms with E-state index < -0.39 is 0 Å². The maximum absolute atomic E-state index is 6.29. The molecular weight excluding hydrogens is 274 g/mol. The Hall–Kier alpha value is -0.770. The fourth-order valence-electron chi connectivity index (χ4n) is 2.23. The number of ether oxygens (including phenoxy) is 2. The second kappa shape index (κ2) is 7.30. The van der Waals surface area contributed by atoms with Gasteiger partial charge in [-0.05, 0) is 54.9 Å². The molecule has 3 nitrogen and oxygen atoms in total. The number of hydrogen-bond donors (Lipinski definition) is 1. The smallest absolute Gasteiger partial charge is 0.140 e. The molecule has 1 fully saturated rings. The molecule has 2 N–H and O–H groups in total. The van der Waals surface area contributed by atoms with Gasteiger partial charge in [0.15, 0.2) is 0 Å². The molecule has 0 saturated heterocycles. The van der Waals surface area contributed by atoms with E-state index in [1.165, 1.54) is 12.8 Å². The first-order valence-corrected chi connectivity index (χ1v) is 7.70.